The predicted octanol–water partition coefficient (Wildman–Crippen LogP) is -0.407. The van der Waals surface area contributed by atoms with Crippen LogP contribution in [0.1, 0.15) is 13.8 Å². The Morgan fingerprint density at radius 2 is 1.92 bits per heavy atom. The number of likely N-dealkylation sites (N-methyl/N-ethyl adjacent to an activating group) is 1. The molecule has 0 aromatic heterocycles. The van der Waals surface area contributed by atoms with E-state index in [1.807, 2.05) is 13.8 Å². The molecule has 0 aliphatic carbocycles. The van der Waals surface area contributed by atoms with Gasteiger partial charge in [0.2, 0.25) is 0 Å². The molecule has 12 heavy (non-hydrogen) atoms. The van der Waals surface area contributed by atoms with Gasteiger partial charge in [-0.1, -0.05) is 0 Å². The number of amidine groups is 2. The third kappa shape index (κ3) is 2.04. The fraction of sp³-hybridized carbons (Fsp3) is 0.667. The van der Waals surface area contributed by atoms with E-state index in [1.165, 1.54) is 0 Å². The van der Waals surface area contributed by atoms with Gasteiger partial charge in [0.15, 0.2) is 11.7 Å². The molecule has 0 aromatic rings. The average Bonchev–Trinajstić information content (AvgIpc) is 2.29. The third-order valence-electron chi connectivity index (χ3n) is 1.23. The Morgan fingerprint density at radius 3 is 2.42 bits per heavy atom. The summed E-state index contributed by atoms with van der Waals surface area (Å²) in [6.07, 6.45) is 0. The normalized spacial score (nSPS) is 22.2. The number of nitrogens with zero attached hydrogens (tertiary/aromatic N) is 2. The van der Waals surface area contributed by atoms with Crippen molar-refractivity contribution in [3.63, 3.8) is 0 Å². The zero-order chi connectivity index (χ0) is 9.14. The molecule has 1 aliphatic heterocycles. The van der Waals surface area contributed by atoms with Crippen LogP contribution in [0, 0.1) is 0 Å². The lowest BCUT2D eigenvalue weighted by molar-refractivity contribution is 0.686. The van der Waals surface area contributed by atoms with Crippen LogP contribution in [0.3, 0.4) is 0 Å². The Kier molecular flexibility index (Phi) is 2.80. The Hall–Kier alpha value is -0.910. The number of rotatable bonds is 1. The van der Waals surface area contributed by atoms with Crippen molar-refractivity contribution < 1.29 is 4.21 Å². The van der Waals surface area contributed by atoms with Crippen LogP contribution in [0.2, 0.25) is 0 Å². The minimum absolute atomic E-state index is 0.261. The second-order valence-electron chi connectivity index (χ2n) is 2.66. The number of hydrogen-bond acceptors (Lipinski definition) is 3. The summed E-state index contributed by atoms with van der Waals surface area (Å²) in [5.74, 6) is 1.13. The molecule has 1 atom stereocenters. The van der Waals surface area contributed by atoms with E-state index >= 15 is 0 Å². The molecule has 1 unspecified atom stereocenters. The van der Waals surface area contributed by atoms with Crippen molar-refractivity contribution in [1.82, 2.24) is 10.6 Å². The van der Waals surface area contributed by atoms with E-state index in [-0.39, 0.29) is 6.04 Å². The Morgan fingerprint density at radius 1 is 1.33 bits per heavy atom. The maximum absolute atomic E-state index is 10.9. The highest BCUT2D eigenvalue weighted by molar-refractivity contribution is 7.83. The molecule has 2 N–H and O–H groups in total. The molecule has 1 rings (SSSR count). The lowest BCUT2D eigenvalue weighted by atomic mass is 10.4. The van der Waals surface area contributed by atoms with E-state index < -0.39 is 11.2 Å². The van der Waals surface area contributed by atoms with Crippen molar-refractivity contribution in [2.45, 2.75) is 19.9 Å². The predicted molar refractivity (Wildman–Crippen MR) is 50.3 cm³/mol. The first kappa shape index (κ1) is 9.18. The van der Waals surface area contributed by atoms with Gasteiger partial charge in [0.25, 0.3) is 11.2 Å². The Balaban J connectivity index is 2.71. The summed E-state index contributed by atoms with van der Waals surface area (Å²) in [4.78, 5) is 0. The molecular weight excluding hydrogens is 176 g/mol. The van der Waals surface area contributed by atoms with Crippen molar-refractivity contribution in [3.8, 4) is 0 Å². The van der Waals surface area contributed by atoms with Gasteiger partial charge in [-0.05, 0) is 13.8 Å². The third-order valence-corrected chi connectivity index (χ3v) is 1.90. The molecule has 1 aliphatic rings. The van der Waals surface area contributed by atoms with Crippen LogP contribution in [-0.2, 0) is 11.2 Å². The lowest BCUT2D eigenvalue weighted by Gasteiger charge is -2.09. The monoisotopic (exact) mass is 188 g/mol. The average molecular weight is 188 g/mol. The molecule has 0 fully saturated rings. The van der Waals surface area contributed by atoms with Gasteiger partial charge in [-0.15, -0.1) is 8.80 Å². The molecule has 0 aromatic carbocycles. The summed E-state index contributed by atoms with van der Waals surface area (Å²) in [7, 11) is 1.72. The summed E-state index contributed by atoms with van der Waals surface area (Å²) in [5, 5.41) is 5.85. The first-order chi connectivity index (χ1) is 5.63. The highest BCUT2D eigenvalue weighted by Gasteiger charge is 2.17. The molecule has 68 valence electrons. The second kappa shape index (κ2) is 3.66. The van der Waals surface area contributed by atoms with Crippen molar-refractivity contribution in [1.29, 1.82) is 0 Å². The zero-order valence-electron chi connectivity index (χ0n) is 7.29. The lowest BCUT2D eigenvalue weighted by Crippen LogP contribution is -2.40. The van der Waals surface area contributed by atoms with E-state index in [4.69, 9.17) is 0 Å². The van der Waals surface area contributed by atoms with Crippen molar-refractivity contribution in [3.05, 3.63) is 0 Å². The molecule has 0 saturated carbocycles. The van der Waals surface area contributed by atoms with Gasteiger partial charge in [0.1, 0.15) is 0 Å². The second-order valence-corrected chi connectivity index (χ2v) is 3.49. The van der Waals surface area contributed by atoms with E-state index in [0.29, 0.717) is 11.7 Å². The summed E-state index contributed by atoms with van der Waals surface area (Å²) in [5.41, 5.74) is 0. The van der Waals surface area contributed by atoms with Gasteiger partial charge >= 0.3 is 0 Å². The fourth-order valence-electron chi connectivity index (χ4n) is 0.795. The highest BCUT2D eigenvalue weighted by Crippen LogP contribution is 1.99. The van der Waals surface area contributed by atoms with Gasteiger partial charge < -0.3 is 10.6 Å². The number of hydrogen-bond donors (Lipinski definition) is 2. The largest absolute Gasteiger partial charge is 0.369 e. The van der Waals surface area contributed by atoms with Crippen LogP contribution < -0.4 is 10.6 Å². The van der Waals surface area contributed by atoms with E-state index in [1.54, 1.807) is 7.05 Å². The molecule has 6 heteroatoms. The van der Waals surface area contributed by atoms with Crippen LogP contribution in [0.25, 0.3) is 0 Å². The van der Waals surface area contributed by atoms with Crippen molar-refractivity contribution in [2.75, 3.05) is 7.05 Å². The molecule has 0 saturated heterocycles. The van der Waals surface area contributed by atoms with Crippen LogP contribution in [0.15, 0.2) is 8.80 Å². The van der Waals surface area contributed by atoms with Gasteiger partial charge in [-0.3, -0.25) is 0 Å². The molecule has 5 nitrogen and oxygen atoms in total. The molecule has 1 heterocycles. The van der Waals surface area contributed by atoms with Crippen LogP contribution in [0.4, 0.5) is 0 Å². The number of nitrogens with one attached hydrogen (secondary N) is 2. The van der Waals surface area contributed by atoms with Gasteiger partial charge in [-0.25, -0.2) is 4.21 Å². The van der Waals surface area contributed by atoms with E-state index in [0.717, 1.165) is 0 Å². The minimum atomic E-state index is -1.45. The maximum atomic E-state index is 10.9. The summed E-state index contributed by atoms with van der Waals surface area (Å²) >= 11 is -1.45. The Labute approximate surface area is 74.1 Å². The van der Waals surface area contributed by atoms with E-state index in [9.17, 15) is 4.21 Å². The molecule has 0 spiro atoms. The summed E-state index contributed by atoms with van der Waals surface area (Å²) in [6.45, 7) is 3.97. The first-order valence-electron chi connectivity index (χ1n) is 3.67. The van der Waals surface area contributed by atoms with Gasteiger partial charge in [0, 0.05) is 13.1 Å². The standard InChI is InChI=1S/C6H12N4OS/c1-4(2)8-6-5(7-3)9-12(11)10-6/h4H,1-3H3,(H,7,9)(H,8,10). The first-order valence-corrected chi connectivity index (χ1v) is 4.74. The fourth-order valence-corrected chi connectivity index (χ4v) is 1.47. The Bertz CT molecular complexity index is 258. The SMILES string of the molecule is CNC1=NS(=O)N=C1NC(C)C. The smallest absolute Gasteiger partial charge is 0.269 e. The maximum Gasteiger partial charge on any atom is 0.269 e. The summed E-state index contributed by atoms with van der Waals surface area (Å²) in [6, 6.07) is 0.261. The molecule has 0 radical (unpaired) electrons. The quantitative estimate of drug-likeness (QED) is 0.588. The zero-order valence-corrected chi connectivity index (χ0v) is 8.10. The van der Waals surface area contributed by atoms with Gasteiger partial charge in [0.05, 0.1) is 0 Å². The molecule has 0 bridgehead atoms. The van der Waals surface area contributed by atoms with Crippen LogP contribution in [-0.4, -0.2) is 29.0 Å². The molecule has 0 amide bonds. The van der Waals surface area contributed by atoms with Crippen molar-refractivity contribution >= 4 is 22.8 Å². The summed E-state index contributed by atoms with van der Waals surface area (Å²) < 4.78 is 18.4. The van der Waals surface area contributed by atoms with Gasteiger partial charge in [-0.2, -0.15) is 0 Å². The molecular formula is C6H12N4OS. The van der Waals surface area contributed by atoms with Crippen LogP contribution >= 0.6 is 0 Å². The topological polar surface area (TPSA) is 65.8 Å². The highest BCUT2D eigenvalue weighted by atomic mass is 32.2. The minimum Gasteiger partial charge on any atom is -0.369 e. The van der Waals surface area contributed by atoms with Crippen LogP contribution in [0.5, 0.6) is 0 Å². The van der Waals surface area contributed by atoms with Crippen molar-refractivity contribution in [2.24, 2.45) is 8.80 Å². The van der Waals surface area contributed by atoms with E-state index in [2.05, 4.69) is 19.4 Å².